The first-order chi connectivity index (χ1) is 11.6. The molecule has 116 valence electrons. The number of anilines is 1. The third-order valence-electron chi connectivity index (χ3n) is 4.19. The van der Waals surface area contributed by atoms with Gasteiger partial charge in [0.1, 0.15) is 0 Å². The van der Waals surface area contributed by atoms with Gasteiger partial charge in [0.2, 0.25) is 11.8 Å². The van der Waals surface area contributed by atoms with Crippen molar-refractivity contribution in [1.82, 2.24) is 0 Å². The lowest BCUT2D eigenvalue weighted by atomic mass is 9.93. The minimum atomic E-state index is -0.652. The molecule has 4 aromatic carbocycles. The van der Waals surface area contributed by atoms with Gasteiger partial charge >= 0.3 is 0 Å². The van der Waals surface area contributed by atoms with Gasteiger partial charge in [0.25, 0.3) is 0 Å². The zero-order valence-corrected chi connectivity index (χ0v) is 12.7. The van der Waals surface area contributed by atoms with Crippen LogP contribution in [0.4, 0.5) is 5.69 Å². The molecule has 4 nitrogen and oxygen atoms in total. The first-order valence-electron chi connectivity index (χ1n) is 7.58. The monoisotopic (exact) mass is 314 g/mol. The molecule has 0 saturated carbocycles. The van der Waals surface area contributed by atoms with E-state index in [0.29, 0.717) is 5.69 Å². The van der Waals surface area contributed by atoms with Crippen LogP contribution in [0, 0.1) is 0 Å². The first kappa shape index (κ1) is 14.2. The fourth-order valence-electron chi connectivity index (χ4n) is 3.18. The summed E-state index contributed by atoms with van der Waals surface area (Å²) in [5, 5.41) is 9.57. The number of hydrogen-bond acceptors (Lipinski definition) is 2. The number of amides is 2. The third kappa shape index (κ3) is 2.25. The summed E-state index contributed by atoms with van der Waals surface area (Å²) in [6, 6.07) is 18.3. The quantitative estimate of drug-likeness (QED) is 0.448. The van der Waals surface area contributed by atoms with Crippen molar-refractivity contribution in [3.8, 4) is 0 Å². The van der Waals surface area contributed by atoms with E-state index in [4.69, 9.17) is 5.73 Å². The van der Waals surface area contributed by atoms with Crippen LogP contribution in [0.5, 0.6) is 0 Å². The van der Waals surface area contributed by atoms with Crippen molar-refractivity contribution in [2.24, 2.45) is 5.73 Å². The molecule has 0 aliphatic rings. The predicted molar refractivity (Wildman–Crippen MR) is 97.1 cm³/mol. The van der Waals surface area contributed by atoms with Gasteiger partial charge in [0, 0.05) is 23.2 Å². The first-order valence-corrected chi connectivity index (χ1v) is 7.58. The second-order valence-electron chi connectivity index (χ2n) is 5.69. The molecule has 24 heavy (non-hydrogen) atoms. The Kier molecular flexibility index (Phi) is 3.17. The Bertz CT molecular complexity index is 1110. The van der Waals surface area contributed by atoms with Gasteiger partial charge in [-0.05, 0) is 33.0 Å². The van der Waals surface area contributed by atoms with Crippen molar-refractivity contribution in [3.05, 3.63) is 66.7 Å². The van der Waals surface area contributed by atoms with E-state index < -0.39 is 5.91 Å². The van der Waals surface area contributed by atoms with Crippen molar-refractivity contribution in [2.45, 2.75) is 0 Å². The zero-order valence-electron chi connectivity index (χ0n) is 12.7. The number of primary amides is 1. The molecule has 0 fully saturated rings. The molecular formula is C20H14N2O2. The summed E-state index contributed by atoms with van der Waals surface area (Å²) in [7, 11) is 0. The minimum Gasteiger partial charge on any atom is -0.366 e. The fraction of sp³-hybridized carbons (Fsp3) is 0. The molecular weight excluding hydrogens is 300 g/mol. The average molecular weight is 314 g/mol. The molecule has 0 unspecified atom stereocenters. The van der Waals surface area contributed by atoms with Gasteiger partial charge in [0.15, 0.2) is 0 Å². The summed E-state index contributed by atoms with van der Waals surface area (Å²) in [4.78, 5) is 22.7. The van der Waals surface area contributed by atoms with Gasteiger partial charge in [0.05, 0.1) is 0 Å². The van der Waals surface area contributed by atoms with E-state index in [9.17, 15) is 9.59 Å². The van der Waals surface area contributed by atoms with Crippen LogP contribution < -0.4 is 11.1 Å². The molecule has 0 spiro atoms. The van der Waals surface area contributed by atoms with Gasteiger partial charge in [-0.3, -0.25) is 9.59 Å². The number of nitrogens with two attached hydrogens (primary N) is 1. The summed E-state index contributed by atoms with van der Waals surface area (Å²) >= 11 is 0. The molecule has 0 saturated heterocycles. The molecule has 4 heteroatoms. The molecule has 0 atom stereocenters. The van der Waals surface area contributed by atoms with Gasteiger partial charge in [-0.15, -0.1) is 0 Å². The van der Waals surface area contributed by atoms with Crippen molar-refractivity contribution in [1.29, 1.82) is 0 Å². The minimum absolute atomic E-state index is 0.385. The van der Waals surface area contributed by atoms with E-state index in [0.717, 1.165) is 28.3 Å². The largest absolute Gasteiger partial charge is 0.366 e. The molecule has 4 aromatic rings. The van der Waals surface area contributed by atoms with Crippen LogP contribution in [0.25, 0.3) is 32.3 Å². The Balaban J connectivity index is 1.91. The maximum absolute atomic E-state index is 12.0. The summed E-state index contributed by atoms with van der Waals surface area (Å²) < 4.78 is 0. The summed E-state index contributed by atoms with van der Waals surface area (Å²) in [6.07, 6.45) is 2.19. The Morgan fingerprint density at radius 2 is 1.42 bits per heavy atom. The molecule has 0 aromatic heterocycles. The Hall–Kier alpha value is -3.40. The van der Waals surface area contributed by atoms with Crippen molar-refractivity contribution < 1.29 is 9.59 Å². The lowest BCUT2D eigenvalue weighted by molar-refractivity contribution is -0.115. The van der Waals surface area contributed by atoms with Crippen LogP contribution in [0.1, 0.15) is 0 Å². The van der Waals surface area contributed by atoms with E-state index in [2.05, 4.69) is 35.6 Å². The third-order valence-corrected chi connectivity index (χ3v) is 4.19. The van der Waals surface area contributed by atoms with Crippen molar-refractivity contribution in [2.75, 3.05) is 5.32 Å². The van der Waals surface area contributed by atoms with Gasteiger partial charge in [-0.2, -0.15) is 0 Å². The maximum atomic E-state index is 12.0. The van der Waals surface area contributed by atoms with E-state index in [1.807, 2.05) is 24.3 Å². The topological polar surface area (TPSA) is 72.2 Å². The number of carbonyl (C=O) groups excluding carboxylic acids is 2. The molecule has 3 N–H and O–H groups in total. The van der Waals surface area contributed by atoms with Crippen LogP contribution in [-0.2, 0) is 9.59 Å². The SMILES string of the molecule is NC(=O)/C=C\C(=O)Nc1ccc2ccc3cccc4ccc1c2c34. The van der Waals surface area contributed by atoms with E-state index in [1.54, 1.807) is 0 Å². The molecule has 0 aliphatic heterocycles. The summed E-state index contributed by atoms with van der Waals surface area (Å²) in [5.74, 6) is -1.04. The van der Waals surface area contributed by atoms with E-state index in [1.165, 1.54) is 16.2 Å². The van der Waals surface area contributed by atoms with Crippen molar-refractivity contribution >= 4 is 49.8 Å². The number of benzene rings is 4. The standard InChI is InChI=1S/C20H14N2O2/c21-17(23)10-11-18(24)22-16-9-7-14-5-4-12-2-1-3-13-6-8-15(16)20(14)19(12)13/h1-11H,(H2,21,23)(H,22,24)/b11-10-. The van der Waals surface area contributed by atoms with Crippen LogP contribution in [0.3, 0.4) is 0 Å². The second-order valence-corrected chi connectivity index (χ2v) is 5.69. The van der Waals surface area contributed by atoms with E-state index >= 15 is 0 Å². The van der Waals surface area contributed by atoms with Crippen LogP contribution in [0.15, 0.2) is 66.7 Å². The van der Waals surface area contributed by atoms with Gasteiger partial charge in [-0.25, -0.2) is 0 Å². The van der Waals surface area contributed by atoms with Crippen LogP contribution in [-0.4, -0.2) is 11.8 Å². The molecule has 4 rings (SSSR count). The normalized spacial score (nSPS) is 11.7. The smallest absolute Gasteiger partial charge is 0.248 e. The van der Waals surface area contributed by atoms with Crippen LogP contribution in [0.2, 0.25) is 0 Å². The average Bonchev–Trinajstić information content (AvgIpc) is 2.59. The fourth-order valence-corrected chi connectivity index (χ4v) is 3.18. The second kappa shape index (κ2) is 5.35. The lowest BCUT2D eigenvalue weighted by Crippen LogP contribution is -2.11. The van der Waals surface area contributed by atoms with E-state index in [-0.39, 0.29) is 5.91 Å². The predicted octanol–water partition coefficient (Wildman–Crippen LogP) is 3.56. The Labute approximate surface area is 137 Å². The number of carbonyl (C=O) groups is 2. The Morgan fingerprint density at radius 1 is 0.792 bits per heavy atom. The van der Waals surface area contributed by atoms with Gasteiger partial charge < -0.3 is 11.1 Å². The molecule has 0 aliphatic carbocycles. The molecule has 0 radical (unpaired) electrons. The molecule has 0 heterocycles. The van der Waals surface area contributed by atoms with Crippen molar-refractivity contribution in [3.63, 3.8) is 0 Å². The zero-order chi connectivity index (χ0) is 16.7. The highest BCUT2D eigenvalue weighted by Crippen LogP contribution is 2.37. The number of hydrogen-bond donors (Lipinski definition) is 2. The summed E-state index contributed by atoms with van der Waals surface area (Å²) in [5.41, 5.74) is 5.73. The highest BCUT2D eigenvalue weighted by atomic mass is 16.2. The summed E-state index contributed by atoms with van der Waals surface area (Å²) in [6.45, 7) is 0. The Morgan fingerprint density at radius 3 is 2.12 bits per heavy atom. The van der Waals surface area contributed by atoms with Gasteiger partial charge in [-0.1, -0.05) is 48.5 Å². The highest BCUT2D eigenvalue weighted by Gasteiger charge is 2.11. The molecule has 0 bridgehead atoms. The maximum Gasteiger partial charge on any atom is 0.248 e. The number of nitrogens with one attached hydrogen (secondary N) is 1. The lowest BCUT2D eigenvalue weighted by Gasteiger charge is -2.13. The van der Waals surface area contributed by atoms with Crippen LogP contribution >= 0.6 is 0 Å². The number of rotatable bonds is 3. The highest BCUT2D eigenvalue weighted by molar-refractivity contribution is 6.26. The molecule has 2 amide bonds.